The van der Waals surface area contributed by atoms with Gasteiger partial charge in [0, 0.05) is 24.7 Å². The van der Waals surface area contributed by atoms with Gasteiger partial charge in [0.15, 0.2) is 0 Å². The Hall–Kier alpha value is -0.830. The summed E-state index contributed by atoms with van der Waals surface area (Å²) >= 11 is 0. The van der Waals surface area contributed by atoms with Crippen molar-refractivity contribution in [3.8, 4) is 0 Å². The number of rotatable bonds is 8. The van der Waals surface area contributed by atoms with Crippen LogP contribution in [0.1, 0.15) is 64.3 Å². The van der Waals surface area contributed by atoms with Gasteiger partial charge in [0.2, 0.25) is 0 Å². The molecule has 20 heavy (non-hydrogen) atoms. The Bertz CT molecular complexity index is 391. The summed E-state index contributed by atoms with van der Waals surface area (Å²) in [6.07, 6.45) is 9.05. The van der Waals surface area contributed by atoms with Crippen LogP contribution >= 0.6 is 0 Å². The predicted octanol–water partition coefficient (Wildman–Crippen LogP) is 3.57. The van der Waals surface area contributed by atoms with Crippen molar-refractivity contribution in [3.63, 3.8) is 0 Å². The van der Waals surface area contributed by atoms with Crippen LogP contribution in [0.5, 0.6) is 0 Å². The topological polar surface area (TPSA) is 29.9 Å². The average Bonchev–Trinajstić information content (AvgIpc) is 3.12. The number of nitrogens with one attached hydrogen (secondary N) is 1. The molecule has 3 heteroatoms. The van der Waals surface area contributed by atoms with E-state index in [-0.39, 0.29) is 0 Å². The molecule has 1 aliphatic rings. The summed E-state index contributed by atoms with van der Waals surface area (Å²) in [7, 11) is 0. The van der Waals surface area contributed by atoms with Gasteiger partial charge >= 0.3 is 0 Å². The second-order valence-corrected chi connectivity index (χ2v) is 6.11. The summed E-state index contributed by atoms with van der Waals surface area (Å²) in [4.78, 5) is 0. The van der Waals surface area contributed by atoms with Gasteiger partial charge in [0.1, 0.15) is 0 Å². The summed E-state index contributed by atoms with van der Waals surface area (Å²) in [5, 5.41) is 8.49. The predicted molar refractivity (Wildman–Crippen MR) is 85.0 cm³/mol. The summed E-state index contributed by atoms with van der Waals surface area (Å²) in [5.41, 5.74) is 2.66. The van der Waals surface area contributed by atoms with Crippen LogP contribution in [0.3, 0.4) is 0 Å². The Balaban J connectivity index is 2.07. The lowest BCUT2D eigenvalue weighted by atomic mass is 9.93. The minimum absolute atomic E-state index is 0.643. The molecule has 1 aromatic rings. The molecule has 1 atom stereocenters. The highest BCUT2D eigenvalue weighted by atomic mass is 15.3. The maximum atomic E-state index is 4.70. The highest BCUT2D eigenvalue weighted by molar-refractivity contribution is 5.12. The van der Waals surface area contributed by atoms with Crippen LogP contribution in [-0.4, -0.2) is 22.4 Å². The third-order valence-electron chi connectivity index (χ3n) is 4.63. The largest absolute Gasteiger partial charge is 0.313 e. The van der Waals surface area contributed by atoms with Crippen LogP contribution in [0.25, 0.3) is 0 Å². The van der Waals surface area contributed by atoms with Gasteiger partial charge in [-0.25, -0.2) is 0 Å². The zero-order chi connectivity index (χ0) is 14.4. The van der Waals surface area contributed by atoms with Gasteiger partial charge in [-0.15, -0.1) is 0 Å². The van der Waals surface area contributed by atoms with Crippen molar-refractivity contribution < 1.29 is 0 Å². The van der Waals surface area contributed by atoms with E-state index in [9.17, 15) is 0 Å². The minimum atomic E-state index is 0.643. The number of hydrogen-bond donors (Lipinski definition) is 1. The van der Waals surface area contributed by atoms with Crippen molar-refractivity contribution in [3.05, 3.63) is 17.5 Å². The van der Waals surface area contributed by atoms with Gasteiger partial charge in [0.25, 0.3) is 0 Å². The molecule has 1 heterocycles. The molecule has 0 aromatic carbocycles. The molecule has 3 nitrogen and oxygen atoms in total. The van der Waals surface area contributed by atoms with E-state index in [1.54, 1.807) is 0 Å². The summed E-state index contributed by atoms with van der Waals surface area (Å²) in [6, 6.07) is 2.96. The smallest absolute Gasteiger partial charge is 0.0624 e. The van der Waals surface area contributed by atoms with E-state index in [1.165, 1.54) is 43.5 Å². The molecule has 1 fully saturated rings. The second-order valence-electron chi connectivity index (χ2n) is 6.11. The number of hydrogen-bond acceptors (Lipinski definition) is 2. The van der Waals surface area contributed by atoms with E-state index in [2.05, 4.69) is 36.8 Å². The molecular formula is C17H31N3. The molecule has 0 aliphatic heterocycles. The van der Waals surface area contributed by atoms with Crippen LogP contribution in [-0.2, 0) is 19.4 Å². The summed E-state index contributed by atoms with van der Waals surface area (Å²) in [6.45, 7) is 8.77. The first-order valence-corrected chi connectivity index (χ1v) is 8.57. The Morgan fingerprint density at radius 3 is 2.65 bits per heavy atom. The first-order valence-electron chi connectivity index (χ1n) is 8.57. The Kier molecular flexibility index (Phi) is 6.08. The quantitative estimate of drug-likeness (QED) is 0.787. The minimum Gasteiger partial charge on any atom is -0.313 e. The van der Waals surface area contributed by atoms with E-state index in [0.29, 0.717) is 6.04 Å². The molecule has 0 amide bonds. The van der Waals surface area contributed by atoms with Gasteiger partial charge in [-0.3, -0.25) is 4.68 Å². The van der Waals surface area contributed by atoms with Crippen molar-refractivity contribution >= 4 is 0 Å². The van der Waals surface area contributed by atoms with Crippen LogP contribution in [0.4, 0.5) is 0 Å². The van der Waals surface area contributed by atoms with Gasteiger partial charge in [-0.2, -0.15) is 5.10 Å². The molecular weight excluding hydrogens is 246 g/mol. The van der Waals surface area contributed by atoms with Gasteiger partial charge < -0.3 is 5.32 Å². The van der Waals surface area contributed by atoms with E-state index in [0.717, 1.165) is 31.8 Å². The highest BCUT2D eigenvalue weighted by Gasteiger charge is 2.25. The Labute approximate surface area is 124 Å². The van der Waals surface area contributed by atoms with Gasteiger partial charge in [-0.1, -0.05) is 26.7 Å². The van der Waals surface area contributed by atoms with E-state index < -0.39 is 0 Å². The lowest BCUT2D eigenvalue weighted by molar-refractivity contribution is 0.349. The molecule has 1 unspecified atom stereocenters. The molecule has 2 rings (SSSR count). The molecule has 0 bridgehead atoms. The zero-order valence-electron chi connectivity index (χ0n) is 13.5. The van der Waals surface area contributed by atoms with Gasteiger partial charge in [0.05, 0.1) is 5.69 Å². The lowest BCUT2D eigenvalue weighted by Crippen LogP contribution is -2.38. The molecule has 1 N–H and O–H groups in total. The molecule has 1 saturated carbocycles. The third kappa shape index (κ3) is 3.85. The van der Waals surface area contributed by atoms with E-state index >= 15 is 0 Å². The molecule has 114 valence electrons. The fraction of sp³-hybridized carbons (Fsp3) is 0.824. The Morgan fingerprint density at radius 2 is 2.05 bits per heavy atom. The maximum absolute atomic E-state index is 4.70. The van der Waals surface area contributed by atoms with Crippen molar-refractivity contribution in [1.29, 1.82) is 0 Å². The fourth-order valence-electron chi connectivity index (χ4n) is 3.45. The monoisotopic (exact) mass is 277 g/mol. The van der Waals surface area contributed by atoms with Crippen LogP contribution in [0.15, 0.2) is 6.07 Å². The molecule has 1 aromatic heterocycles. The zero-order valence-corrected chi connectivity index (χ0v) is 13.5. The van der Waals surface area contributed by atoms with Crippen LogP contribution < -0.4 is 5.32 Å². The molecule has 0 spiro atoms. The average molecular weight is 277 g/mol. The van der Waals surface area contributed by atoms with E-state index in [4.69, 9.17) is 5.10 Å². The maximum Gasteiger partial charge on any atom is 0.0624 e. The molecule has 1 aliphatic carbocycles. The van der Waals surface area contributed by atoms with Crippen molar-refractivity contribution in [2.24, 2.45) is 5.92 Å². The first-order chi connectivity index (χ1) is 9.78. The summed E-state index contributed by atoms with van der Waals surface area (Å²) in [5.74, 6) is 0.867. The first kappa shape index (κ1) is 15.6. The van der Waals surface area contributed by atoms with Crippen LogP contribution in [0, 0.1) is 5.92 Å². The van der Waals surface area contributed by atoms with E-state index in [1.807, 2.05) is 0 Å². The summed E-state index contributed by atoms with van der Waals surface area (Å²) < 4.78 is 2.20. The Morgan fingerprint density at radius 1 is 1.30 bits per heavy atom. The second kappa shape index (κ2) is 7.82. The normalized spacial score (nSPS) is 17.8. The number of aryl methyl sites for hydroxylation is 2. The standard InChI is InChI=1S/C17H31N3/c1-4-11-18-17(14-9-7-8-10-14)13-16-12-15(5-2)19-20(16)6-3/h12,14,17-18H,4-11,13H2,1-3H3. The number of aromatic nitrogens is 2. The van der Waals surface area contributed by atoms with Gasteiger partial charge in [-0.05, 0) is 51.1 Å². The number of nitrogens with zero attached hydrogens (tertiary/aromatic N) is 2. The van der Waals surface area contributed by atoms with Crippen molar-refractivity contribution in [2.45, 2.75) is 78.3 Å². The lowest BCUT2D eigenvalue weighted by Gasteiger charge is -2.25. The molecule has 0 saturated heterocycles. The van der Waals surface area contributed by atoms with Crippen LogP contribution in [0.2, 0.25) is 0 Å². The highest BCUT2D eigenvalue weighted by Crippen LogP contribution is 2.29. The van der Waals surface area contributed by atoms with Crippen molar-refractivity contribution in [1.82, 2.24) is 15.1 Å². The third-order valence-corrected chi connectivity index (χ3v) is 4.63. The fourth-order valence-corrected chi connectivity index (χ4v) is 3.45. The van der Waals surface area contributed by atoms with Crippen molar-refractivity contribution in [2.75, 3.05) is 6.54 Å². The SMILES string of the molecule is CCCNC(Cc1cc(CC)nn1CC)C1CCCC1. The molecule has 0 radical (unpaired) electrons.